The number of nitrogens with zero attached hydrogens (tertiary/aromatic N) is 1. The third-order valence-electron chi connectivity index (χ3n) is 3.91. The number of hydrogen-bond donors (Lipinski definition) is 2. The Morgan fingerprint density at radius 3 is 2.58 bits per heavy atom. The van der Waals surface area contributed by atoms with Crippen LogP contribution < -0.4 is 5.32 Å². The molecule has 0 radical (unpaired) electrons. The largest absolute Gasteiger partial charge is 0.480 e. The molecule has 2 amide bonds. The summed E-state index contributed by atoms with van der Waals surface area (Å²) in [5.41, 5.74) is 0. The Morgan fingerprint density at radius 1 is 1.53 bits per heavy atom. The van der Waals surface area contributed by atoms with Gasteiger partial charge >= 0.3 is 12.0 Å². The van der Waals surface area contributed by atoms with Crippen LogP contribution in [0.15, 0.2) is 0 Å². The quantitative estimate of drug-likeness (QED) is 0.790. The molecule has 0 aromatic rings. The van der Waals surface area contributed by atoms with Gasteiger partial charge in [-0.15, -0.1) is 0 Å². The lowest BCUT2D eigenvalue weighted by Gasteiger charge is -2.29. The maximum atomic E-state index is 12.1. The van der Waals surface area contributed by atoms with E-state index in [1.165, 1.54) is 0 Å². The van der Waals surface area contributed by atoms with Crippen molar-refractivity contribution in [1.29, 1.82) is 0 Å². The van der Waals surface area contributed by atoms with Crippen molar-refractivity contribution in [2.75, 3.05) is 13.7 Å². The van der Waals surface area contributed by atoms with Crippen molar-refractivity contribution in [2.45, 2.75) is 51.8 Å². The number of hydrogen-bond acceptors (Lipinski definition) is 3. The molecule has 0 aromatic heterocycles. The Labute approximate surface area is 114 Å². The van der Waals surface area contributed by atoms with Gasteiger partial charge in [0.1, 0.15) is 6.04 Å². The van der Waals surface area contributed by atoms with E-state index in [4.69, 9.17) is 9.84 Å². The van der Waals surface area contributed by atoms with E-state index in [9.17, 15) is 9.59 Å². The topological polar surface area (TPSA) is 78.9 Å². The molecule has 1 rings (SSSR count). The number of carbonyl (C=O) groups is 2. The number of likely N-dealkylation sites (N-methyl/N-ethyl adjacent to an activating group) is 1. The van der Waals surface area contributed by atoms with E-state index in [0.717, 1.165) is 6.42 Å². The lowest BCUT2D eigenvalue weighted by molar-refractivity contribution is -0.140. The highest BCUT2D eigenvalue weighted by Crippen LogP contribution is 2.18. The highest BCUT2D eigenvalue weighted by atomic mass is 16.5. The summed E-state index contributed by atoms with van der Waals surface area (Å²) < 4.78 is 5.42. The minimum Gasteiger partial charge on any atom is -0.480 e. The number of amides is 2. The molecule has 1 heterocycles. The fourth-order valence-corrected chi connectivity index (χ4v) is 2.30. The number of nitrogens with one attached hydrogen (secondary N) is 1. The summed E-state index contributed by atoms with van der Waals surface area (Å²) in [7, 11) is 1.68. The molecule has 1 aliphatic rings. The van der Waals surface area contributed by atoms with Gasteiger partial charge in [0.25, 0.3) is 0 Å². The smallest absolute Gasteiger partial charge is 0.326 e. The zero-order chi connectivity index (χ0) is 14.6. The van der Waals surface area contributed by atoms with Crippen LogP contribution in [0.4, 0.5) is 4.79 Å². The second kappa shape index (κ2) is 6.75. The molecule has 110 valence electrons. The average Bonchev–Trinajstić information content (AvgIpc) is 2.79. The summed E-state index contributed by atoms with van der Waals surface area (Å²) in [4.78, 5) is 24.8. The van der Waals surface area contributed by atoms with Crippen molar-refractivity contribution in [3.63, 3.8) is 0 Å². The standard InChI is InChI=1S/C13H24N2O4/c1-5-8(2)11(12(16)17)14-13(18)15(4)10-6-7-19-9(10)3/h8-11H,5-7H2,1-4H3,(H,14,18)(H,16,17)/t8-,9?,10?,11-/m0/s1. The van der Waals surface area contributed by atoms with Crippen molar-refractivity contribution >= 4 is 12.0 Å². The van der Waals surface area contributed by atoms with E-state index in [-0.39, 0.29) is 24.1 Å². The summed E-state index contributed by atoms with van der Waals surface area (Å²) in [6.07, 6.45) is 1.47. The number of urea groups is 1. The van der Waals surface area contributed by atoms with Crippen LogP contribution in [0.5, 0.6) is 0 Å². The first-order chi connectivity index (χ1) is 8.88. The highest BCUT2D eigenvalue weighted by Gasteiger charge is 2.33. The van der Waals surface area contributed by atoms with Gasteiger partial charge in [-0.05, 0) is 19.3 Å². The van der Waals surface area contributed by atoms with E-state index in [1.54, 1.807) is 11.9 Å². The average molecular weight is 272 g/mol. The Bertz CT molecular complexity index is 335. The van der Waals surface area contributed by atoms with Crippen LogP contribution >= 0.6 is 0 Å². The van der Waals surface area contributed by atoms with Gasteiger partial charge in [0, 0.05) is 13.7 Å². The minimum absolute atomic E-state index is 0.00591. The lowest BCUT2D eigenvalue weighted by Crippen LogP contribution is -2.53. The number of carbonyl (C=O) groups excluding carboxylic acids is 1. The molecule has 2 N–H and O–H groups in total. The molecule has 0 spiro atoms. The summed E-state index contributed by atoms with van der Waals surface area (Å²) in [6, 6.07) is -1.20. The van der Waals surface area contributed by atoms with Crippen LogP contribution in [-0.4, -0.2) is 53.8 Å². The molecule has 0 saturated carbocycles. The third kappa shape index (κ3) is 3.83. The van der Waals surface area contributed by atoms with Crippen molar-refractivity contribution in [3.05, 3.63) is 0 Å². The molecule has 1 saturated heterocycles. The number of carboxylic acids is 1. The van der Waals surface area contributed by atoms with Gasteiger partial charge in [-0.25, -0.2) is 9.59 Å². The van der Waals surface area contributed by atoms with Crippen molar-refractivity contribution in [2.24, 2.45) is 5.92 Å². The van der Waals surface area contributed by atoms with Gasteiger partial charge in [0.05, 0.1) is 12.1 Å². The Kier molecular flexibility index (Phi) is 5.60. The van der Waals surface area contributed by atoms with Crippen LogP contribution in [-0.2, 0) is 9.53 Å². The van der Waals surface area contributed by atoms with Gasteiger partial charge in [-0.1, -0.05) is 20.3 Å². The van der Waals surface area contributed by atoms with E-state index >= 15 is 0 Å². The number of aliphatic carboxylic acids is 1. The molecule has 0 aliphatic carbocycles. The monoisotopic (exact) mass is 272 g/mol. The van der Waals surface area contributed by atoms with Crippen molar-refractivity contribution in [3.8, 4) is 0 Å². The summed E-state index contributed by atoms with van der Waals surface area (Å²) in [6.45, 7) is 6.28. The van der Waals surface area contributed by atoms with Gasteiger partial charge in [-0.3, -0.25) is 0 Å². The second-order valence-corrected chi connectivity index (χ2v) is 5.19. The van der Waals surface area contributed by atoms with E-state index in [0.29, 0.717) is 13.0 Å². The molecule has 1 fully saturated rings. The van der Waals surface area contributed by atoms with Crippen LogP contribution in [0, 0.1) is 5.92 Å². The van der Waals surface area contributed by atoms with Gasteiger partial charge in [0.2, 0.25) is 0 Å². The molecular formula is C13H24N2O4. The SMILES string of the molecule is CC[C@H](C)[C@H](NC(=O)N(C)C1CCOC1C)C(=O)O. The van der Waals surface area contributed by atoms with Gasteiger partial charge in [-0.2, -0.15) is 0 Å². The molecule has 6 heteroatoms. The molecule has 0 bridgehead atoms. The van der Waals surface area contributed by atoms with Crippen molar-refractivity contribution < 1.29 is 19.4 Å². The van der Waals surface area contributed by atoms with Crippen LogP contribution in [0.2, 0.25) is 0 Å². The number of rotatable bonds is 5. The van der Waals surface area contributed by atoms with E-state index < -0.39 is 12.0 Å². The van der Waals surface area contributed by atoms with Crippen LogP contribution in [0.3, 0.4) is 0 Å². The number of ether oxygens (including phenoxy) is 1. The molecule has 6 nitrogen and oxygen atoms in total. The minimum atomic E-state index is -0.994. The fourth-order valence-electron chi connectivity index (χ4n) is 2.30. The zero-order valence-corrected chi connectivity index (χ0v) is 12.0. The highest BCUT2D eigenvalue weighted by molar-refractivity contribution is 5.82. The molecule has 19 heavy (non-hydrogen) atoms. The van der Waals surface area contributed by atoms with Crippen LogP contribution in [0.25, 0.3) is 0 Å². The predicted octanol–water partition coefficient (Wildman–Crippen LogP) is 1.30. The predicted molar refractivity (Wildman–Crippen MR) is 71.0 cm³/mol. The normalized spacial score (nSPS) is 25.7. The summed E-state index contributed by atoms with van der Waals surface area (Å²) >= 11 is 0. The van der Waals surface area contributed by atoms with Crippen molar-refractivity contribution in [1.82, 2.24) is 10.2 Å². The third-order valence-corrected chi connectivity index (χ3v) is 3.91. The first kappa shape index (κ1) is 15.8. The Morgan fingerprint density at radius 2 is 2.16 bits per heavy atom. The van der Waals surface area contributed by atoms with E-state index in [1.807, 2.05) is 20.8 Å². The zero-order valence-electron chi connectivity index (χ0n) is 12.0. The summed E-state index contributed by atoms with van der Waals surface area (Å²) in [5, 5.41) is 11.8. The molecule has 2 unspecified atom stereocenters. The molecule has 0 aromatic carbocycles. The maximum Gasteiger partial charge on any atom is 0.326 e. The Hall–Kier alpha value is -1.30. The summed E-state index contributed by atoms with van der Waals surface area (Å²) in [5.74, 6) is -1.10. The first-order valence-electron chi connectivity index (χ1n) is 6.76. The lowest BCUT2D eigenvalue weighted by atomic mass is 9.99. The Balaban J connectivity index is 2.63. The first-order valence-corrected chi connectivity index (χ1v) is 6.76. The maximum absolute atomic E-state index is 12.1. The fraction of sp³-hybridized carbons (Fsp3) is 0.846. The van der Waals surface area contributed by atoms with Gasteiger partial charge < -0.3 is 20.1 Å². The van der Waals surface area contributed by atoms with E-state index in [2.05, 4.69) is 5.32 Å². The number of carboxylic acid groups (broad SMARTS) is 1. The van der Waals surface area contributed by atoms with Crippen LogP contribution in [0.1, 0.15) is 33.6 Å². The molecular weight excluding hydrogens is 248 g/mol. The molecule has 1 aliphatic heterocycles. The molecule has 4 atom stereocenters. The second-order valence-electron chi connectivity index (χ2n) is 5.19. The van der Waals surface area contributed by atoms with Gasteiger partial charge in [0.15, 0.2) is 0 Å².